The second-order valence-corrected chi connectivity index (χ2v) is 8.12. The highest BCUT2D eigenvalue weighted by Gasteiger charge is 2.55. The number of benzene rings is 1. The number of hydrogen-bond donors (Lipinski definition) is 1. The summed E-state index contributed by atoms with van der Waals surface area (Å²) in [4.78, 5) is 40.6. The molecule has 146 valence electrons. The molecule has 1 saturated carbocycles. The molecular formula is C19H23Cl2N3O3. The number of hydrogen-bond acceptors (Lipinski definition) is 3. The molecule has 1 aromatic carbocycles. The maximum Gasteiger partial charge on any atom is 0.327 e. The fraction of sp³-hybridized carbons (Fsp3) is 0.526. The summed E-state index contributed by atoms with van der Waals surface area (Å²) in [7, 11) is 1.65. The lowest BCUT2D eigenvalue weighted by atomic mass is 9.81. The molecule has 1 saturated heterocycles. The Hall–Kier alpha value is -1.79. The number of carbonyl (C=O) groups excluding carboxylic acids is 3. The Labute approximate surface area is 168 Å². The minimum Gasteiger partial charge on any atom is -0.348 e. The van der Waals surface area contributed by atoms with Crippen LogP contribution >= 0.6 is 23.2 Å². The summed E-state index contributed by atoms with van der Waals surface area (Å²) in [5, 5.41) is 3.76. The Morgan fingerprint density at radius 1 is 1.22 bits per heavy atom. The highest BCUT2D eigenvalue weighted by Crippen LogP contribution is 2.39. The van der Waals surface area contributed by atoms with E-state index in [0.29, 0.717) is 22.9 Å². The maximum absolute atomic E-state index is 12.9. The van der Waals surface area contributed by atoms with Crippen LogP contribution in [0.5, 0.6) is 0 Å². The quantitative estimate of drug-likeness (QED) is 0.766. The zero-order valence-electron chi connectivity index (χ0n) is 15.4. The van der Waals surface area contributed by atoms with Gasteiger partial charge >= 0.3 is 6.03 Å². The van der Waals surface area contributed by atoms with E-state index < -0.39 is 17.5 Å². The van der Waals surface area contributed by atoms with E-state index in [1.165, 1.54) is 4.90 Å². The fourth-order valence-electron chi connectivity index (χ4n) is 4.03. The van der Waals surface area contributed by atoms with E-state index in [9.17, 15) is 14.4 Å². The second-order valence-electron chi connectivity index (χ2n) is 7.28. The van der Waals surface area contributed by atoms with Gasteiger partial charge in [0, 0.05) is 17.1 Å². The summed E-state index contributed by atoms with van der Waals surface area (Å²) in [6.45, 7) is 1.49. The Morgan fingerprint density at radius 2 is 1.89 bits per heavy atom. The number of imide groups is 1. The summed E-state index contributed by atoms with van der Waals surface area (Å²) >= 11 is 12.1. The van der Waals surface area contributed by atoms with E-state index in [4.69, 9.17) is 23.2 Å². The number of halogens is 2. The van der Waals surface area contributed by atoms with Gasteiger partial charge in [-0.25, -0.2) is 4.79 Å². The molecule has 0 aromatic heterocycles. The van der Waals surface area contributed by atoms with Crippen molar-refractivity contribution in [3.8, 4) is 0 Å². The van der Waals surface area contributed by atoms with Crippen molar-refractivity contribution in [2.45, 2.75) is 50.6 Å². The summed E-state index contributed by atoms with van der Waals surface area (Å²) in [5.41, 5.74) is -0.0601. The van der Waals surface area contributed by atoms with Crippen LogP contribution in [0.2, 0.25) is 10.0 Å². The van der Waals surface area contributed by atoms with Gasteiger partial charge in [-0.1, -0.05) is 48.5 Å². The molecular weight excluding hydrogens is 389 g/mol. The molecule has 1 spiro atoms. The van der Waals surface area contributed by atoms with Gasteiger partial charge in [-0.2, -0.15) is 0 Å². The number of nitrogens with one attached hydrogen (secondary N) is 1. The van der Waals surface area contributed by atoms with Crippen molar-refractivity contribution in [1.82, 2.24) is 15.1 Å². The Bertz CT molecular complexity index is 777. The van der Waals surface area contributed by atoms with Crippen LogP contribution in [0, 0.1) is 0 Å². The zero-order valence-corrected chi connectivity index (χ0v) is 16.9. The Balaban J connectivity index is 1.68. The SMILES string of the molecule is C[C@H](NC(=O)CN1C(=O)N(C)C2(CCCCC2)C1=O)c1ccc(Cl)cc1Cl. The van der Waals surface area contributed by atoms with Crippen molar-refractivity contribution < 1.29 is 14.4 Å². The van der Waals surface area contributed by atoms with E-state index in [1.54, 1.807) is 32.2 Å². The van der Waals surface area contributed by atoms with Gasteiger partial charge in [0.15, 0.2) is 0 Å². The molecule has 2 fully saturated rings. The normalized spacial score (nSPS) is 20.3. The molecule has 1 aromatic rings. The van der Waals surface area contributed by atoms with Crippen LogP contribution in [-0.2, 0) is 9.59 Å². The molecule has 2 aliphatic rings. The van der Waals surface area contributed by atoms with Crippen LogP contribution in [0.4, 0.5) is 4.79 Å². The molecule has 0 bridgehead atoms. The van der Waals surface area contributed by atoms with Gasteiger partial charge in [0.1, 0.15) is 12.1 Å². The topological polar surface area (TPSA) is 69.7 Å². The second kappa shape index (κ2) is 7.68. The molecule has 1 aliphatic heterocycles. The molecule has 4 amide bonds. The van der Waals surface area contributed by atoms with Crippen molar-refractivity contribution in [1.29, 1.82) is 0 Å². The van der Waals surface area contributed by atoms with Gasteiger partial charge in [0.2, 0.25) is 5.91 Å². The molecule has 1 atom stereocenters. The third-order valence-electron chi connectivity index (χ3n) is 5.59. The number of rotatable bonds is 4. The highest BCUT2D eigenvalue weighted by molar-refractivity contribution is 6.35. The van der Waals surface area contributed by atoms with Crippen molar-refractivity contribution in [2.75, 3.05) is 13.6 Å². The Morgan fingerprint density at radius 3 is 2.52 bits per heavy atom. The smallest absolute Gasteiger partial charge is 0.327 e. The number of amides is 4. The van der Waals surface area contributed by atoms with Gasteiger partial charge in [0.25, 0.3) is 5.91 Å². The van der Waals surface area contributed by atoms with E-state index in [2.05, 4.69) is 5.32 Å². The summed E-state index contributed by atoms with van der Waals surface area (Å²) in [6.07, 6.45) is 4.20. The standard InChI is InChI=1S/C19H23Cl2N3O3/c1-12(14-7-6-13(20)10-15(14)21)22-16(25)11-24-17(26)19(23(2)18(24)27)8-4-3-5-9-19/h6-7,10,12H,3-5,8-9,11H2,1-2H3,(H,22,25)/t12-/m0/s1. The van der Waals surface area contributed by atoms with E-state index in [1.807, 2.05) is 0 Å². The highest BCUT2D eigenvalue weighted by atomic mass is 35.5. The number of likely N-dealkylation sites (N-methyl/N-ethyl adjacent to an activating group) is 1. The average molecular weight is 412 g/mol. The van der Waals surface area contributed by atoms with Gasteiger partial charge < -0.3 is 10.2 Å². The molecule has 0 unspecified atom stereocenters. The minimum absolute atomic E-state index is 0.262. The molecule has 1 heterocycles. The van der Waals surface area contributed by atoms with Gasteiger partial charge in [-0.15, -0.1) is 0 Å². The van der Waals surface area contributed by atoms with Crippen LogP contribution in [0.25, 0.3) is 0 Å². The molecule has 0 radical (unpaired) electrons. The van der Waals surface area contributed by atoms with Gasteiger partial charge in [0.05, 0.1) is 6.04 Å². The predicted molar refractivity (Wildman–Crippen MR) is 104 cm³/mol. The molecule has 3 rings (SSSR count). The first-order valence-electron chi connectivity index (χ1n) is 9.10. The average Bonchev–Trinajstić information content (AvgIpc) is 2.78. The number of nitrogens with zero attached hydrogens (tertiary/aromatic N) is 2. The van der Waals surface area contributed by atoms with E-state index >= 15 is 0 Å². The van der Waals surface area contributed by atoms with Crippen LogP contribution in [-0.4, -0.2) is 46.8 Å². The monoisotopic (exact) mass is 411 g/mol. The van der Waals surface area contributed by atoms with Crippen LogP contribution < -0.4 is 5.32 Å². The van der Waals surface area contributed by atoms with Crippen molar-refractivity contribution in [2.24, 2.45) is 0 Å². The molecule has 6 nitrogen and oxygen atoms in total. The lowest BCUT2D eigenvalue weighted by Gasteiger charge is -2.35. The van der Waals surface area contributed by atoms with Crippen molar-refractivity contribution in [3.05, 3.63) is 33.8 Å². The molecule has 1 N–H and O–H groups in total. The fourth-order valence-corrected chi connectivity index (χ4v) is 4.60. The minimum atomic E-state index is -0.777. The first-order valence-corrected chi connectivity index (χ1v) is 9.86. The summed E-state index contributed by atoms with van der Waals surface area (Å²) in [6, 6.07) is 4.26. The molecule has 8 heteroatoms. The van der Waals surface area contributed by atoms with E-state index in [-0.39, 0.29) is 18.5 Å². The van der Waals surface area contributed by atoms with Gasteiger partial charge in [-0.3, -0.25) is 14.5 Å². The Kier molecular flexibility index (Phi) is 5.68. The largest absolute Gasteiger partial charge is 0.348 e. The van der Waals surface area contributed by atoms with Crippen LogP contribution in [0.15, 0.2) is 18.2 Å². The predicted octanol–water partition coefficient (Wildman–Crippen LogP) is 3.77. The summed E-state index contributed by atoms with van der Waals surface area (Å²) in [5.74, 6) is -0.668. The first-order chi connectivity index (χ1) is 12.8. The maximum atomic E-state index is 12.9. The van der Waals surface area contributed by atoms with E-state index in [0.717, 1.165) is 29.7 Å². The first kappa shape index (κ1) is 20.0. The van der Waals surface area contributed by atoms with Crippen molar-refractivity contribution >= 4 is 41.0 Å². The van der Waals surface area contributed by atoms with Gasteiger partial charge in [-0.05, 0) is 37.5 Å². The number of urea groups is 1. The van der Waals surface area contributed by atoms with Crippen LogP contribution in [0.3, 0.4) is 0 Å². The molecule has 27 heavy (non-hydrogen) atoms. The van der Waals surface area contributed by atoms with Crippen molar-refractivity contribution in [3.63, 3.8) is 0 Å². The zero-order chi connectivity index (χ0) is 19.8. The third-order valence-corrected chi connectivity index (χ3v) is 6.15. The lowest BCUT2D eigenvalue weighted by molar-refractivity contribution is -0.137. The van der Waals surface area contributed by atoms with Crippen LogP contribution in [0.1, 0.15) is 50.6 Å². The number of carbonyl (C=O) groups is 3. The lowest BCUT2D eigenvalue weighted by Crippen LogP contribution is -2.49. The molecule has 1 aliphatic carbocycles. The summed E-state index contributed by atoms with van der Waals surface area (Å²) < 4.78 is 0. The third kappa shape index (κ3) is 3.65.